The number of benzene rings is 1. The molecule has 0 bridgehead atoms. The zero-order valence-corrected chi connectivity index (χ0v) is 13.8. The van der Waals surface area contributed by atoms with Crippen molar-refractivity contribution in [3.05, 3.63) is 35.4 Å². The van der Waals surface area contributed by atoms with Crippen molar-refractivity contribution in [2.45, 2.75) is 38.8 Å². The number of ether oxygens (including phenoxy) is 1. The zero-order chi connectivity index (χ0) is 15.1. The molecule has 0 amide bonds. The number of likely N-dealkylation sites (tertiary alicyclic amines) is 1. The summed E-state index contributed by atoms with van der Waals surface area (Å²) >= 11 is 0. The molecular weight excluding hydrogens is 260 g/mol. The van der Waals surface area contributed by atoms with Crippen LogP contribution in [0.15, 0.2) is 24.3 Å². The summed E-state index contributed by atoms with van der Waals surface area (Å²) in [7, 11) is 4.01. The van der Waals surface area contributed by atoms with Gasteiger partial charge in [0.25, 0.3) is 0 Å². The normalized spacial score (nSPS) is 23.4. The van der Waals surface area contributed by atoms with E-state index in [9.17, 15) is 0 Å². The largest absolute Gasteiger partial charge is 0.380 e. The second kappa shape index (κ2) is 8.52. The molecule has 118 valence electrons. The fourth-order valence-electron chi connectivity index (χ4n) is 3.44. The third-order valence-corrected chi connectivity index (χ3v) is 4.47. The van der Waals surface area contributed by atoms with Gasteiger partial charge in [-0.05, 0) is 63.0 Å². The highest BCUT2D eigenvalue weighted by molar-refractivity contribution is 5.25. The summed E-state index contributed by atoms with van der Waals surface area (Å²) < 4.78 is 5.20. The van der Waals surface area contributed by atoms with E-state index < -0.39 is 0 Å². The Labute approximate surface area is 129 Å². The molecule has 2 atom stereocenters. The Morgan fingerprint density at radius 3 is 2.71 bits per heavy atom. The number of piperidine rings is 1. The predicted octanol–water partition coefficient (Wildman–Crippen LogP) is 3.22. The molecule has 1 saturated heterocycles. The number of methoxy groups -OCH3 is 1. The maximum Gasteiger partial charge on any atom is 0.0713 e. The maximum atomic E-state index is 5.20. The number of nitrogens with one attached hydrogen (secondary N) is 1. The maximum absolute atomic E-state index is 5.20. The van der Waals surface area contributed by atoms with Crippen LogP contribution >= 0.6 is 0 Å². The van der Waals surface area contributed by atoms with Gasteiger partial charge in [0.1, 0.15) is 0 Å². The molecule has 1 fully saturated rings. The molecule has 2 unspecified atom stereocenters. The molecule has 1 aromatic carbocycles. The quantitative estimate of drug-likeness (QED) is 0.780. The van der Waals surface area contributed by atoms with Gasteiger partial charge in [0.15, 0.2) is 0 Å². The van der Waals surface area contributed by atoms with Crippen molar-refractivity contribution < 1.29 is 4.74 Å². The van der Waals surface area contributed by atoms with Crippen LogP contribution in [0.25, 0.3) is 0 Å². The Hall–Kier alpha value is -0.900. The van der Waals surface area contributed by atoms with Crippen molar-refractivity contribution in [3.8, 4) is 0 Å². The zero-order valence-electron chi connectivity index (χ0n) is 13.8. The Morgan fingerprint density at radius 2 is 2.05 bits per heavy atom. The first-order valence-corrected chi connectivity index (χ1v) is 8.25. The van der Waals surface area contributed by atoms with Gasteiger partial charge in [0.2, 0.25) is 0 Å². The van der Waals surface area contributed by atoms with E-state index in [1.54, 1.807) is 7.11 Å². The lowest BCUT2D eigenvalue weighted by Crippen LogP contribution is -2.40. The van der Waals surface area contributed by atoms with Gasteiger partial charge in [-0.1, -0.05) is 31.2 Å². The van der Waals surface area contributed by atoms with Gasteiger partial charge in [-0.2, -0.15) is 0 Å². The fraction of sp³-hybridized carbons (Fsp3) is 0.667. The average Bonchev–Trinajstić information content (AvgIpc) is 2.49. The van der Waals surface area contributed by atoms with E-state index >= 15 is 0 Å². The molecule has 3 nitrogen and oxygen atoms in total. The summed E-state index contributed by atoms with van der Waals surface area (Å²) in [6.07, 6.45) is 3.84. The molecule has 3 heteroatoms. The number of hydrogen-bond acceptors (Lipinski definition) is 3. The molecule has 0 radical (unpaired) electrons. The summed E-state index contributed by atoms with van der Waals surface area (Å²) in [5.41, 5.74) is 2.70. The summed E-state index contributed by atoms with van der Waals surface area (Å²) in [6, 6.07) is 9.52. The highest BCUT2D eigenvalue weighted by Gasteiger charge is 2.29. The first-order valence-electron chi connectivity index (χ1n) is 8.25. The van der Waals surface area contributed by atoms with Crippen LogP contribution in [0, 0.1) is 5.92 Å². The standard InChI is InChI=1S/C18H30N2O/c1-4-11-19-13-17-6-5-12-20(2)18(17)16-9-7-15(8-10-16)14-21-3/h7-10,17-19H,4-6,11-14H2,1-3H3. The summed E-state index contributed by atoms with van der Waals surface area (Å²) in [4.78, 5) is 2.52. The van der Waals surface area contributed by atoms with Crippen LogP contribution < -0.4 is 5.32 Å². The first kappa shape index (κ1) is 16.5. The van der Waals surface area contributed by atoms with E-state index in [1.165, 1.54) is 36.9 Å². The van der Waals surface area contributed by atoms with Crippen molar-refractivity contribution in [1.82, 2.24) is 10.2 Å². The minimum atomic E-state index is 0.541. The van der Waals surface area contributed by atoms with E-state index in [0.29, 0.717) is 18.6 Å². The van der Waals surface area contributed by atoms with E-state index in [1.807, 2.05) is 0 Å². The van der Waals surface area contributed by atoms with Crippen LogP contribution in [0.1, 0.15) is 43.4 Å². The molecule has 2 rings (SSSR count). The summed E-state index contributed by atoms with van der Waals surface area (Å²) in [6.45, 7) is 6.38. The molecule has 1 N–H and O–H groups in total. The lowest BCUT2D eigenvalue weighted by Gasteiger charge is -2.40. The monoisotopic (exact) mass is 290 g/mol. The van der Waals surface area contributed by atoms with Crippen LogP contribution in [0.4, 0.5) is 0 Å². The van der Waals surface area contributed by atoms with Gasteiger partial charge in [-0.25, -0.2) is 0 Å². The molecule has 0 aromatic heterocycles. The van der Waals surface area contributed by atoms with Crippen molar-refractivity contribution in [1.29, 1.82) is 0 Å². The van der Waals surface area contributed by atoms with Gasteiger partial charge >= 0.3 is 0 Å². The number of hydrogen-bond donors (Lipinski definition) is 1. The minimum absolute atomic E-state index is 0.541. The highest BCUT2D eigenvalue weighted by Crippen LogP contribution is 2.34. The van der Waals surface area contributed by atoms with Crippen molar-refractivity contribution in [3.63, 3.8) is 0 Å². The van der Waals surface area contributed by atoms with Gasteiger partial charge in [0.05, 0.1) is 6.61 Å². The molecule has 0 saturated carbocycles. The Kier molecular flexibility index (Phi) is 6.68. The van der Waals surface area contributed by atoms with Crippen molar-refractivity contribution >= 4 is 0 Å². The topological polar surface area (TPSA) is 24.5 Å². The summed E-state index contributed by atoms with van der Waals surface area (Å²) in [5, 5.41) is 3.61. The predicted molar refractivity (Wildman–Crippen MR) is 88.4 cm³/mol. The Morgan fingerprint density at radius 1 is 1.29 bits per heavy atom. The second-order valence-corrected chi connectivity index (χ2v) is 6.21. The van der Waals surface area contributed by atoms with E-state index in [4.69, 9.17) is 4.74 Å². The Bertz CT molecular complexity index is 404. The van der Waals surface area contributed by atoms with Crippen LogP contribution in [-0.2, 0) is 11.3 Å². The van der Waals surface area contributed by atoms with Gasteiger partial charge in [0, 0.05) is 13.2 Å². The van der Waals surface area contributed by atoms with Crippen LogP contribution in [-0.4, -0.2) is 38.7 Å². The summed E-state index contributed by atoms with van der Waals surface area (Å²) in [5.74, 6) is 0.712. The SMILES string of the molecule is CCCNCC1CCCN(C)C1c1ccc(COC)cc1. The van der Waals surface area contributed by atoms with Crippen LogP contribution in [0.5, 0.6) is 0 Å². The van der Waals surface area contributed by atoms with Gasteiger partial charge in [-0.3, -0.25) is 4.90 Å². The van der Waals surface area contributed by atoms with Crippen molar-refractivity contribution in [2.75, 3.05) is 33.8 Å². The van der Waals surface area contributed by atoms with Gasteiger partial charge in [-0.15, -0.1) is 0 Å². The fourth-order valence-corrected chi connectivity index (χ4v) is 3.44. The minimum Gasteiger partial charge on any atom is -0.380 e. The lowest BCUT2D eigenvalue weighted by molar-refractivity contribution is 0.119. The molecule has 1 aliphatic heterocycles. The average molecular weight is 290 g/mol. The molecule has 1 aliphatic rings. The smallest absolute Gasteiger partial charge is 0.0713 e. The number of nitrogens with zero attached hydrogens (tertiary/aromatic N) is 1. The van der Waals surface area contributed by atoms with Crippen LogP contribution in [0.2, 0.25) is 0 Å². The Balaban J connectivity index is 2.07. The molecule has 21 heavy (non-hydrogen) atoms. The number of rotatable bonds is 7. The lowest BCUT2D eigenvalue weighted by atomic mass is 9.84. The van der Waals surface area contributed by atoms with E-state index in [0.717, 1.165) is 13.1 Å². The first-order chi connectivity index (χ1) is 10.3. The molecule has 0 spiro atoms. The second-order valence-electron chi connectivity index (χ2n) is 6.21. The van der Waals surface area contributed by atoms with Gasteiger partial charge < -0.3 is 10.1 Å². The molecule has 1 heterocycles. The van der Waals surface area contributed by atoms with Crippen molar-refractivity contribution in [2.24, 2.45) is 5.92 Å². The highest BCUT2D eigenvalue weighted by atomic mass is 16.5. The van der Waals surface area contributed by atoms with E-state index in [2.05, 4.69) is 48.5 Å². The van der Waals surface area contributed by atoms with E-state index in [-0.39, 0.29) is 0 Å². The molecular formula is C18H30N2O. The molecule has 0 aliphatic carbocycles. The van der Waals surface area contributed by atoms with Crippen LogP contribution in [0.3, 0.4) is 0 Å². The third-order valence-electron chi connectivity index (χ3n) is 4.47. The molecule has 1 aromatic rings. The third kappa shape index (κ3) is 4.53.